The first-order valence-electron chi connectivity index (χ1n) is 6.34. The Kier molecular flexibility index (Phi) is 6.88. The van der Waals surface area contributed by atoms with Gasteiger partial charge in [0, 0.05) is 11.3 Å². The molecule has 0 radical (unpaired) electrons. The van der Waals surface area contributed by atoms with Gasteiger partial charge < -0.3 is 15.8 Å². The van der Waals surface area contributed by atoms with Crippen molar-refractivity contribution in [3.05, 3.63) is 52.2 Å². The summed E-state index contributed by atoms with van der Waals surface area (Å²) < 4.78 is 4.75. The first kappa shape index (κ1) is 18.0. The molecule has 0 aliphatic rings. The number of benzene rings is 1. The Morgan fingerprint density at radius 1 is 1.32 bits per heavy atom. The quantitative estimate of drug-likeness (QED) is 0.646. The maximum Gasteiger partial charge on any atom is 0.333 e. The number of ether oxygens (including phenoxy) is 1. The fourth-order valence-electron chi connectivity index (χ4n) is 1.95. The maximum absolute atomic E-state index is 12.1. The molecule has 3 N–H and O–H groups in total. The van der Waals surface area contributed by atoms with Crippen molar-refractivity contribution in [2.75, 3.05) is 12.8 Å². The van der Waals surface area contributed by atoms with Gasteiger partial charge in [-0.2, -0.15) is 11.3 Å². The summed E-state index contributed by atoms with van der Waals surface area (Å²) in [7, 11) is 1.28. The molecule has 1 aromatic heterocycles. The normalized spacial score (nSPS) is 11.1. The zero-order valence-electron chi connectivity index (χ0n) is 11.9. The molecule has 2 aromatic rings. The molecule has 2 rings (SSSR count). The van der Waals surface area contributed by atoms with Crippen LogP contribution in [0.1, 0.15) is 17.2 Å². The summed E-state index contributed by atoms with van der Waals surface area (Å²) in [6.07, 6.45) is 0.212. The highest BCUT2D eigenvalue weighted by Crippen LogP contribution is 2.21. The van der Waals surface area contributed by atoms with Gasteiger partial charge in [-0.05, 0) is 28.5 Å². The third-order valence-electron chi connectivity index (χ3n) is 2.99. The third-order valence-corrected chi connectivity index (χ3v) is 3.73. The van der Waals surface area contributed by atoms with Gasteiger partial charge in [0.15, 0.2) is 6.04 Å². The van der Waals surface area contributed by atoms with Crippen molar-refractivity contribution in [1.29, 1.82) is 0 Å². The number of carbonyl (C=O) groups excluding carboxylic acids is 2. The Morgan fingerprint density at radius 3 is 2.64 bits per heavy atom. The lowest BCUT2D eigenvalue weighted by atomic mass is 10.0. The van der Waals surface area contributed by atoms with Gasteiger partial charge in [-0.1, -0.05) is 18.2 Å². The van der Waals surface area contributed by atoms with E-state index in [4.69, 9.17) is 10.5 Å². The predicted octanol–water partition coefficient (Wildman–Crippen LogP) is 2.33. The van der Waals surface area contributed by atoms with Gasteiger partial charge in [0.1, 0.15) is 0 Å². The Morgan fingerprint density at radius 2 is 2.05 bits per heavy atom. The van der Waals surface area contributed by atoms with Gasteiger partial charge in [-0.25, -0.2) is 4.79 Å². The van der Waals surface area contributed by atoms with Crippen LogP contribution in [-0.4, -0.2) is 19.0 Å². The standard InChI is InChI=1S/C15H16N2O3S.ClH/c1-20-15(19)14(11-4-2-3-5-12(11)16)17-13(18)8-10-6-7-21-9-10;/h2-7,9,14H,8,16H2,1H3,(H,17,18);1H/t14-;/m0./s1. The van der Waals surface area contributed by atoms with E-state index in [9.17, 15) is 9.59 Å². The van der Waals surface area contributed by atoms with Gasteiger partial charge in [0.25, 0.3) is 0 Å². The molecule has 0 aliphatic heterocycles. The minimum atomic E-state index is -0.901. The van der Waals surface area contributed by atoms with Crippen LogP contribution in [0.25, 0.3) is 0 Å². The Hall–Kier alpha value is -2.05. The van der Waals surface area contributed by atoms with Gasteiger partial charge >= 0.3 is 5.97 Å². The number of methoxy groups -OCH3 is 1. The molecular weight excluding hydrogens is 324 g/mol. The van der Waals surface area contributed by atoms with E-state index in [1.165, 1.54) is 18.4 Å². The van der Waals surface area contributed by atoms with Crippen LogP contribution in [0.15, 0.2) is 41.1 Å². The van der Waals surface area contributed by atoms with Crippen LogP contribution in [0.5, 0.6) is 0 Å². The van der Waals surface area contributed by atoms with Crippen LogP contribution in [0.2, 0.25) is 0 Å². The molecule has 7 heteroatoms. The lowest BCUT2D eigenvalue weighted by molar-refractivity contribution is -0.145. The van der Waals surface area contributed by atoms with E-state index in [0.29, 0.717) is 11.3 Å². The minimum absolute atomic E-state index is 0. The molecular formula is C15H17ClN2O3S. The van der Waals surface area contributed by atoms with E-state index in [0.717, 1.165) is 5.56 Å². The average Bonchev–Trinajstić information content (AvgIpc) is 2.97. The SMILES string of the molecule is COC(=O)[C@@H](NC(=O)Cc1ccsc1)c1ccccc1N.Cl. The van der Waals surface area contributed by atoms with Gasteiger partial charge in [0.2, 0.25) is 5.91 Å². The second-order valence-corrected chi connectivity index (χ2v) is 5.24. The summed E-state index contributed by atoms with van der Waals surface area (Å²) in [5.41, 5.74) is 7.74. The van der Waals surface area contributed by atoms with E-state index in [1.54, 1.807) is 24.3 Å². The van der Waals surface area contributed by atoms with Crippen LogP contribution in [-0.2, 0) is 20.7 Å². The number of hydrogen-bond acceptors (Lipinski definition) is 5. The van der Waals surface area contributed by atoms with E-state index in [1.807, 2.05) is 16.8 Å². The molecule has 1 heterocycles. The van der Waals surface area contributed by atoms with Gasteiger partial charge in [-0.15, -0.1) is 12.4 Å². The van der Waals surface area contributed by atoms with Crippen LogP contribution in [0, 0.1) is 0 Å². The first-order valence-corrected chi connectivity index (χ1v) is 7.28. The van der Waals surface area contributed by atoms with Crippen molar-refractivity contribution in [2.45, 2.75) is 12.5 Å². The van der Waals surface area contributed by atoms with E-state index in [2.05, 4.69) is 5.32 Å². The summed E-state index contributed by atoms with van der Waals surface area (Å²) >= 11 is 1.52. The van der Waals surface area contributed by atoms with Crippen molar-refractivity contribution in [1.82, 2.24) is 5.32 Å². The summed E-state index contributed by atoms with van der Waals surface area (Å²) in [4.78, 5) is 24.0. The monoisotopic (exact) mass is 340 g/mol. The topological polar surface area (TPSA) is 81.4 Å². The molecule has 0 spiro atoms. The minimum Gasteiger partial charge on any atom is -0.467 e. The van der Waals surface area contributed by atoms with Crippen LogP contribution in [0.4, 0.5) is 5.69 Å². The summed E-state index contributed by atoms with van der Waals surface area (Å²) in [5.74, 6) is -0.807. The van der Waals surface area contributed by atoms with Crippen molar-refractivity contribution in [3.63, 3.8) is 0 Å². The Bertz CT molecular complexity index is 631. The molecule has 22 heavy (non-hydrogen) atoms. The number of hydrogen-bond donors (Lipinski definition) is 2. The number of nitrogens with one attached hydrogen (secondary N) is 1. The summed E-state index contributed by atoms with van der Waals surface area (Å²) in [6.45, 7) is 0. The maximum atomic E-state index is 12.1. The van der Waals surface area contributed by atoms with Crippen molar-refractivity contribution in [3.8, 4) is 0 Å². The fraction of sp³-hybridized carbons (Fsp3) is 0.200. The molecule has 5 nitrogen and oxygen atoms in total. The largest absolute Gasteiger partial charge is 0.467 e. The summed E-state index contributed by atoms with van der Waals surface area (Å²) in [6, 6.07) is 7.86. The van der Waals surface area contributed by atoms with Gasteiger partial charge in [-0.3, -0.25) is 4.79 Å². The third kappa shape index (κ3) is 4.47. The number of thiophene rings is 1. The number of amides is 1. The Balaban J connectivity index is 0.00000242. The first-order chi connectivity index (χ1) is 10.1. The Labute approximate surface area is 138 Å². The number of esters is 1. The number of nitrogens with two attached hydrogens (primary N) is 1. The summed E-state index contributed by atoms with van der Waals surface area (Å²) in [5, 5.41) is 6.47. The molecule has 1 atom stereocenters. The van der Waals surface area contributed by atoms with Crippen LogP contribution < -0.4 is 11.1 Å². The lowest BCUT2D eigenvalue weighted by Crippen LogP contribution is -2.35. The molecule has 0 fully saturated rings. The number of carbonyl (C=O) groups is 2. The second kappa shape index (κ2) is 8.41. The van der Waals surface area contributed by atoms with Crippen LogP contribution in [0.3, 0.4) is 0 Å². The van der Waals surface area contributed by atoms with E-state index < -0.39 is 12.0 Å². The second-order valence-electron chi connectivity index (χ2n) is 4.46. The number of nitrogen functional groups attached to an aromatic ring is 1. The zero-order valence-corrected chi connectivity index (χ0v) is 13.6. The number of anilines is 1. The number of rotatable bonds is 5. The highest BCUT2D eigenvalue weighted by Gasteiger charge is 2.25. The van der Waals surface area contributed by atoms with Crippen molar-refractivity contribution >= 4 is 41.3 Å². The average molecular weight is 341 g/mol. The molecule has 0 unspecified atom stereocenters. The van der Waals surface area contributed by atoms with E-state index in [-0.39, 0.29) is 24.7 Å². The molecule has 0 saturated heterocycles. The molecule has 1 aromatic carbocycles. The molecule has 0 saturated carbocycles. The molecule has 118 valence electrons. The predicted molar refractivity (Wildman–Crippen MR) is 89.0 cm³/mol. The number of para-hydroxylation sites is 1. The smallest absolute Gasteiger partial charge is 0.333 e. The van der Waals surface area contributed by atoms with Crippen molar-refractivity contribution in [2.24, 2.45) is 0 Å². The lowest BCUT2D eigenvalue weighted by Gasteiger charge is -2.18. The highest BCUT2D eigenvalue weighted by molar-refractivity contribution is 7.08. The van der Waals surface area contributed by atoms with Gasteiger partial charge in [0.05, 0.1) is 13.5 Å². The van der Waals surface area contributed by atoms with Crippen LogP contribution >= 0.6 is 23.7 Å². The highest BCUT2D eigenvalue weighted by atomic mass is 35.5. The fourth-order valence-corrected chi connectivity index (χ4v) is 2.61. The van der Waals surface area contributed by atoms with Crippen molar-refractivity contribution < 1.29 is 14.3 Å². The molecule has 1 amide bonds. The number of halogens is 1. The molecule has 0 aliphatic carbocycles. The van der Waals surface area contributed by atoms with E-state index >= 15 is 0 Å². The molecule has 0 bridgehead atoms. The zero-order chi connectivity index (χ0) is 15.2.